The first-order chi connectivity index (χ1) is 18.9. The lowest BCUT2D eigenvalue weighted by atomic mass is 9.64. The maximum Gasteiger partial charge on any atom is 0.255 e. The molecular formula is C31H34F2N2O4. The molecule has 1 fully saturated rings. The summed E-state index contributed by atoms with van der Waals surface area (Å²) < 4.78 is 47.9. The van der Waals surface area contributed by atoms with Gasteiger partial charge in [0.25, 0.3) is 5.91 Å². The highest BCUT2D eigenvalue weighted by Gasteiger charge is 2.56. The first-order valence-corrected chi connectivity index (χ1v) is 13.3. The standard InChI is InChI=1S/C31H34F2N2O4/c1-20-17-23(9-11-25(20)32)27-26(33)12-10-24-28(27)31(13-3-4-15-37-2)29(24)38-16-14-35(19-39-31)30(36)22-7-5-21(18-34)6-8-22/h5-12,17,29H,3-4,13-16,18-19,34H2,1-2H3/t29-,31+/m0/s1. The van der Waals surface area contributed by atoms with Gasteiger partial charge in [-0.15, -0.1) is 0 Å². The number of ether oxygens (including phenoxy) is 3. The third kappa shape index (κ3) is 5.10. The van der Waals surface area contributed by atoms with Crippen LogP contribution in [-0.4, -0.2) is 44.4 Å². The molecule has 1 saturated heterocycles. The van der Waals surface area contributed by atoms with Crippen LogP contribution >= 0.6 is 0 Å². The topological polar surface area (TPSA) is 74.0 Å². The minimum absolute atomic E-state index is 0.0272. The third-order valence-electron chi connectivity index (χ3n) is 7.76. The predicted molar refractivity (Wildman–Crippen MR) is 144 cm³/mol. The van der Waals surface area contributed by atoms with Crippen LogP contribution in [0.1, 0.15) is 58.0 Å². The van der Waals surface area contributed by atoms with Gasteiger partial charge in [-0.3, -0.25) is 4.79 Å². The molecule has 39 heavy (non-hydrogen) atoms. The highest BCUT2D eigenvalue weighted by Crippen LogP contribution is 2.59. The number of nitrogens with zero attached hydrogens (tertiary/aromatic N) is 1. The molecule has 1 amide bonds. The van der Waals surface area contributed by atoms with E-state index in [4.69, 9.17) is 19.9 Å². The van der Waals surface area contributed by atoms with Crippen LogP contribution < -0.4 is 5.73 Å². The lowest BCUT2D eigenvalue weighted by Crippen LogP contribution is -2.53. The second-order valence-corrected chi connectivity index (χ2v) is 10.2. The fourth-order valence-electron chi connectivity index (χ4n) is 5.65. The highest BCUT2D eigenvalue weighted by molar-refractivity contribution is 5.94. The summed E-state index contributed by atoms with van der Waals surface area (Å²) in [4.78, 5) is 15.0. The number of fused-ring (bicyclic) bond motifs is 4. The molecule has 3 aromatic rings. The average molecular weight is 537 g/mol. The smallest absolute Gasteiger partial charge is 0.255 e. The summed E-state index contributed by atoms with van der Waals surface area (Å²) in [5.41, 5.74) is 9.17. The Kier molecular flexibility index (Phi) is 8.09. The number of carbonyl (C=O) groups excluding carboxylic acids is 1. The van der Waals surface area contributed by atoms with Gasteiger partial charge in [-0.05, 0) is 78.8 Å². The van der Waals surface area contributed by atoms with Crippen LogP contribution in [0.25, 0.3) is 11.1 Å². The zero-order valence-corrected chi connectivity index (χ0v) is 22.3. The Labute approximate surface area is 227 Å². The second kappa shape index (κ2) is 11.5. The van der Waals surface area contributed by atoms with E-state index in [2.05, 4.69) is 0 Å². The number of amides is 1. The van der Waals surface area contributed by atoms with Gasteiger partial charge in [0.2, 0.25) is 0 Å². The summed E-state index contributed by atoms with van der Waals surface area (Å²) in [5, 5.41) is 0. The van der Waals surface area contributed by atoms with Gasteiger partial charge in [0.1, 0.15) is 30.1 Å². The quantitative estimate of drug-likeness (QED) is 0.379. The Bertz CT molecular complexity index is 1350. The molecule has 1 heterocycles. The molecule has 0 radical (unpaired) electrons. The summed E-state index contributed by atoms with van der Waals surface area (Å²) in [6.45, 7) is 3.34. The molecule has 0 bridgehead atoms. The maximum atomic E-state index is 15.5. The van der Waals surface area contributed by atoms with Crippen molar-refractivity contribution in [3.63, 3.8) is 0 Å². The predicted octanol–water partition coefficient (Wildman–Crippen LogP) is 5.61. The van der Waals surface area contributed by atoms with Gasteiger partial charge in [0, 0.05) is 43.5 Å². The first-order valence-electron chi connectivity index (χ1n) is 13.3. The van der Waals surface area contributed by atoms with Crippen molar-refractivity contribution in [3.8, 4) is 11.1 Å². The van der Waals surface area contributed by atoms with E-state index in [9.17, 15) is 9.18 Å². The molecular weight excluding hydrogens is 502 g/mol. The van der Waals surface area contributed by atoms with E-state index in [1.54, 1.807) is 49.3 Å². The highest BCUT2D eigenvalue weighted by atomic mass is 19.1. The maximum absolute atomic E-state index is 15.5. The van der Waals surface area contributed by atoms with Crippen LogP contribution in [0.15, 0.2) is 54.6 Å². The number of benzene rings is 3. The number of hydrogen-bond acceptors (Lipinski definition) is 5. The molecule has 0 saturated carbocycles. The molecule has 0 spiro atoms. The van der Waals surface area contributed by atoms with Gasteiger partial charge >= 0.3 is 0 Å². The van der Waals surface area contributed by atoms with Crippen LogP contribution in [0.4, 0.5) is 8.78 Å². The Balaban J connectivity index is 1.52. The van der Waals surface area contributed by atoms with E-state index in [1.165, 1.54) is 12.1 Å². The largest absolute Gasteiger partial charge is 0.385 e. The van der Waals surface area contributed by atoms with Crippen LogP contribution in [0.3, 0.4) is 0 Å². The molecule has 0 unspecified atom stereocenters. The molecule has 2 aliphatic rings. The SMILES string of the molecule is COCCCC[C@]12OCN(C(=O)c3ccc(CN)cc3)CCO[C@H]1c1ccc(F)c(-c3ccc(F)c(C)c3)c12. The van der Waals surface area contributed by atoms with E-state index >= 15 is 4.39 Å². The zero-order chi connectivity index (χ0) is 27.6. The molecule has 0 aromatic heterocycles. The summed E-state index contributed by atoms with van der Waals surface area (Å²) >= 11 is 0. The van der Waals surface area contributed by atoms with E-state index in [1.807, 2.05) is 12.1 Å². The second-order valence-electron chi connectivity index (χ2n) is 10.2. The number of halogens is 2. The molecule has 2 N–H and O–H groups in total. The lowest BCUT2D eigenvalue weighted by Gasteiger charge is -2.53. The molecule has 8 heteroatoms. The average Bonchev–Trinajstić information content (AvgIpc) is 2.94. The Morgan fingerprint density at radius 3 is 2.59 bits per heavy atom. The molecule has 2 atom stereocenters. The molecule has 6 nitrogen and oxygen atoms in total. The van der Waals surface area contributed by atoms with Crippen molar-refractivity contribution in [2.75, 3.05) is 33.6 Å². The number of methoxy groups -OCH3 is 1. The van der Waals surface area contributed by atoms with Crippen LogP contribution in [0.5, 0.6) is 0 Å². The van der Waals surface area contributed by atoms with Gasteiger partial charge in [0.15, 0.2) is 0 Å². The van der Waals surface area contributed by atoms with Crippen molar-refractivity contribution in [3.05, 3.63) is 94.0 Å². The lowest BCUT2D eigenvalue weighted by molar-refractivity contribution is -0.218. The number of unbranched alkanes of at least 4 members (excludes halogenated alkanes) is 1. The van der Waals surface area contributed by atoms with Crippen LogP contribution in [0, 0.1) is 18.6 Å². The minimum atomic E-state index is -0.967. The number of hydrogen-bond donors (Lipinski definition) is 1. The zero-order valence-electron chi connectivity index (χ0n) is 22.3. The fourth-order valence-corrected chi connectivity index (χ4v) is 5.65. The van der Waals surface area contributed by atoms with Gasteiger partial charge in [0.05, 0.1) is 6.61 Å². The van der Waals surface area contributed by atoms with Crippen molar-refractivity contribution < 1.29 is 27.8 Å². The number of carbonyl (C=O) groups is 1. The molecule has 1 aliphatic heterocycles. The van der Waals surface area contributed by atoms with Crippen molar-refractivity contribution in [1.29, 1.82) is 0 Å². The monoisotopic (exact) mass is 536 g/mol. The van der Waals surface area contributed by atoms with Gasteiger partial charge in [-0.1, -0.05) is 24.3 Å². The molecule has 1 aliphatic carbocycles. The fraction of sp³-hybridized carbons (Fsp3) is 0.387. The van der Waals surface area contributed by atoms with Crippen LogP contribution in [-0.2, 0) is 26.4 Å². The van der Waals surface area contributed by atoms with Crippen molar-refractivity contribution in [2.45, 2.75) is 44.4 Å². The Hall–Kier alpha value is -3.17. The summed E-state index contributed by atoms with van der Waals surface area (Å²) in [5.74, 6) is -0.934. The summed E-state index contributed by atoms with van der Waals surface area (Å²) in [7, 11) is 1.66. The van der Waals surface area contributed by atoms with E-state index in [0.717, 1.165) is 24.0 Å². The number of aryl methyl sites for hydroxylation is 1. The normalized spacial score (nSPS) is 20.4. The Morgan fingerprint density at radius 2 is 1.87 bits per heavy atom. The van der Waals surface area contributed by atoms with Gasteiger partial charge in [-0.25, -0.2) is 8.78 Å². The third-order valence-corrected chi connectivity index (χ3v) is 7.76. The molecule has 5 rings (SSSR count). The van der Waals surface area contributed by atoms with E-state index in [0.29, 0.717) is 60.5 Å². The van der Waals surface area contributed by atoms with Gasteiger partial charge in [-0.2, -0.15) is 0 Å². The van der Waals surface area contributed by atoms with Crippen molar-refractivity contribution in [1.82, 2.24) is 4.90 Å². The molecule has 3 aromatic carbocycles. The van der Waals surface area contributed by atoms with Crippen LogP contribution in [0.2, 0.25) is 0 Å². The Morgan fingerprint density at radius 1 is 1.10 bits per heavy atom. The van der Waals surface area contributed by atoms with Crippen molar-refractivity contribution in [2.24, 2.45) is 5.73 Å². The number of nitrogens with two attached hydrogens (primary N) is 1. The number of rotatable bonds is 8. The summed E-state index contributed by atoms with van der Waals surface area (Å²) in [6, 6.07) is 15.0. The first kappa shape index (κ1) is 27.4. The van der Waals surface area contributed by atoms with Crippen molar-refractivity contribution >= 4 is 5.91 Å². The van der Waals surface area contributed by atoms with E-state index in [-0.39, 0.29) is 18.5 Å². The van der Waals surface area contributed by atoms with E-state index < -0.39 is 17.5 Å². The van der Waals surface area contributed by atoms with Gasteiger partial charge < -0.3 is 24.8 Å². The summed E-state index contributed by atoms with van der Waals surface area (Å²) in [6.07, 6.45) is 1.69. The minimum Gasteiger partial charge on any atom is -0.385 e. The molecule has 206 valence electrons.